The Labute approximate surface area is 150 Å². The Balaban J connectivity index is 2.45. The Kier molecular flexibility index (Phi) is 5.18. The molecule has 28 heavy (non-hydrogen) atoms. The van der Waals surface area contributed by atoms with Gasteiger partial charge in [0.1, 0.15) is 10.8 Å². The molecule has 2 rings (SSSR count). The molecule has 2 aliphatic carbocycles. The normalized spacial score (nSPS) is 28.1. The fraction of sp³-hybridized carbons (Fsp3) is 0.846. The second kappa shape index (κ2) is 6.24. The van der Waals surface area contributed by atoms with Gasteiger partial charge in [-0.25, -0.2) is 0 Å². The molecule has 0 aromatic heterocycles. The second-order valence-corrected chi connectivity index (χ2v) is 8.14. The van der Waals surface area contributed by atoms with Crippen LogP contribution in [-0.4, -0.2) is 44.6 Å². The summed E-state index contributed by atoms with van der Waals surface area (Å²) in [6.07, 6.45) is -5.28. The standard InChI is InChI=1S/C13H9F13OS/c14-8(15,10(18,19)12(22,23)24)9(16,17)11(20,21)13(25,26)28(27)7-4-5-1-2-6(7)3-5/h1-2,5-7H,3-4H2/t5-,6+,7+,28?/m0/s1. The summed E-state index contributed by atoms with van der Waals surface area (Å²) in [4.78, 5) is 0. The van der Waals surface area contributed by atoms with Crippen LogP contribution in [0.25, 0.3) is 0 Å². The lowest BCUT2D eigenvalue weighted by atomic mass is 9.98. The molecule has 2 aliphatic rings. The molecule has 15 heteroatoms. The van der Waals surface area contributed by atoms with Crippen molar-refractivity contribution in [2.24, 2.45) is 11.8 Å². The summed E-state index contributed by atoms with van der Waals surface area (Å²) < 4.78 is 181. The van der Waals surface area contributed by atoms with E-state index >= 15 is 0 Å². The third-order valence-electron chi connectivity index (χ3n) is 4.65. The van der Waals surface area contributed by atoms with Crippen LogP contribution in [-0.2, 0) is 10.8 Å². The number of hydrogen-bond acceptors (Lipinski definition) is 1. The minimum atomic E-state index is -7.97. The molecular formula is C13H9F13OS. The van der Waals surface area contributed by atoms with E-state index in [-0.39, 0.29) is 6.42 Å². The van der Waals surface area contributed by atoms with Crippen molar-refractivity contribution in [1.29, 1.82) is 0 Å². The fourth-order valence-corrected chi connectivity index (χ4v) is 4.75. The molecule has 1 saturated carbocycles. The van der Waals surface area contributed by atoms with Gasteiger partial charge in [-0.05, 0) is 24.7 Å². The van der Waals surface area contributed by atoms with E-state index in [0.29, 0.717) is 0 Å². The highest BCUT2D eigenvalue weighted by Crippen LogP contribution is 2.61. The van der Waals surface area contributed by atoms with E-state index < -0.39 is 69.4 Å². The molecule has 0 N–H and O–H groups in total. The molecule has 4 atom stereocenters. The van der Waals surface area contributed by atoms with Crippen molar-refractivity contribution in [2.75, 3.05) is 0 Å². The largest absolute Gasteiger partial charge is 0.460 e. The lowest BCUT2D eigenvalue weighted by molar-refractivity contribution is -0.433. The minimum Gasteiger partial charge on any atom is -0.253 e. The number of allylic oxidation sites excluding steroid dienone is 2. The summed E-state index contributed by atoms with van der Waals surface area (Å²) in [6, 6.07) is 0. The predicted molar refractivity (Wildman–Crippen MR) is 68.1 cm³/mol. The van der Waals surface area contributed by atoms with Gasteiger partial charge in [0.25, 0.3) is 0 Å². The molecule has 1 unspecified atom stereocenters. The lowest BCUT2D eigenvalue weighted by Crippen LogP contribution is -2.71. The van der Waals surface area contributed by atoms with Gasteiger partial charge in [-0.15, -0.1) is 0 Å². The minimum absolute atomic E-state index is 0.0384. The van der Waals surface area contributed by atoms with Crippen molar-refractivity contribution >= 4 is 10.8 Å². The van der Waals surface area contributed by atoms with Crippen LogP contribution in [0.3, 0.4) is 0 Å². The van der Waals surface area contributed by atoms with Crippen molar-refractivity contribution in [3.05, 3.63) is 12.2 Å². The first kappa shape index (κ1) is 23.3. The van der Waals surface area contributed by atoms with Crippen molar-refractivity contribution < 1.29 is 61.3 Å². The van der Waals surface area contributed by atoms with Crippen LogP contribution < -0.4 is 0 Å². The van der Waals surface area contributed by atoms with Gasteiger partial charge < -0.3 is 0 Å². The van der Waals surface area contributed by atoms with Gasteiger partial charge in [-0.2, -0.15) is 57.1 Å². The van der Waals surface area contributed by atoms with Crippen molar-refractivity contribution in [1.82, 2.24) is 0 Å². The summed E-state index contributed by atoms with van der Waals surface area (Å²) in [5.74, 6) is -32.7. The van der Waals surface area contributed by atoms with E-state index in [9.17, 15) is 61.3 Å². The van der Waals surface area contributed by atoms with Crippen LogP contribution in [0.2, 0.25) is 0 Å². The van der Waals surface area contributed by atoms with E-state index in [4.69, 9.17) is 0 Å². The molecule has 0 heterocycles. The molecule has 1 fully saturated rings. The topological polar surface area (TPSA) is 17.1 Å². The van der Waals surface area contributed by atoms with Gasteiger partial charge in [0, 0.05) is 5.25 Å². The second-order valence-electron chi connectivity index (χ2n) is 6.43. The van der Waals surface area contributed by atoms with E-state index in [1.165, 1.54) is 6.08 Å². The lowest BCUT2D eigenvalue weighted by Gasteiger charge is -2.40. The molecule has 1 nitrogen and oxygen atoms in total. The monoisotopic (exact) mass is 460 g/mol. The zero-order valence-electron chi connectivity index (χ0n) is 13.0. The highest BCUT2D eigenvalue weighted by Gasteiger charge is 2.91. The first-order valence-electron chi connectivity index (χ1n) is 7.28. The van der Waals surface area contributed by atoms with Crippen molar-refractivity contribution in [3.63, 3.8) is 0 Å². The Morgan fingerprint density at radius 2 is 1.11 bits per heavy atom. The van der Waals surface area contributed by atoms with Gasteiger partial charge in [-0.3, -0.25) is 4.21 Å². The van der Waals surface area contributed by atoms with Gasteiger partial charge >= 0.3 is 35.1 Å². The Morgan fingerprint density at radius 1 is 0.643 bits per heavy atom. The quantitative estimate of drug-likeness (QED) is 0.384. The van der Waals surface area contributed by atoms with Crippen molar-refractivity contribution in [2.45, 2.75) is 53.2 Å². The van der Waals surface area contributed by atoms with Gasteiger partial charge in [0.2, 0.25) is 0 Å². The maximum Gasteiger partial charge on any atom is 0.460 e. The van der Waals surface area contributed by atoms with Gasteiger partial charge in [0.05, 0.1) is 0 Å². The summed E-state index contributed by atoms with van der Waals surface area (Å²) in [5, 5.41) is -8.41. The predicted octanol–water partition coefficient (Wildman–Crippen LogP) is 5.40. The highest BCUT2D eigenvalue weighted by atomic mass is 32.2. The molecule has 0 amide bonds. The van der Waals surface area contributed by atoms with E-state index in [0.717, 1.165) is 6.08 Å². The van der Waals surface area contributed by atoms with Gasteiger partial charge in [0.15, 0.2) is 0 Å². The first-order valence-corrected chi connectivity index (χ1v) is 8.49. The van der Waals surface area contributed by atoms with E-state index in [2.05, 4.69) is 0 Å². The molecule has 0 saturated heterocycles. The molecule has 0 aromatic carbocycles. The van der Waals surface area contributed by atoms with Crippen LogP contribution in [0.15, 0.2) is 12.2 Å². The first-order chi connectivity index (χ1) is 12.2. The maximum atomic E-state index is 13.9. The fourth-order valence-electron chi connectivity index (χ4n) is 3.05. The average molecular weight is 460 g/mol. The molecule has 2 bridgehead atoms. The Bertz CT molecular complexity index is 680. The maximum absolute atomic E-state index is 13.9. The number of halogens is 13. The summed E-state index contributed by atoms with van der Waals surface area (Å²) in [6.45, 7) is 0. The number of rotatable bonds is 6. The van der Waals surface area contributed by atoms with Gasteiger partial charge in [-0.1, -0.05) is 12.2 Å². The average Bonchev–Trinajstić information content (AvgIpc) is 3.15. The van der Waals surface area contributed by atoms with E-state index in [1.54, 1.807) is 0 Å². The zero-order chi connectivity index (χ0) is 22.1. The third-order valence-corrected chi connectivity index (χ3v) is 6.50. The van der Waals surface area contributed by atoms with Crippen LogP contribution >= 0.6 is 0 Å². The van der Waals surface area contributed by atoms with Crippen LogP contribution in [0.5, 0.6) is 0 Å². The Hall–Kier alpha value is -1.02. The van der Waals surface area contributed by atoms with Crippen molar-refractivity contribution in [3.8, 4) is 0 Å². The summed E-state index contributed by atoms with van der Waals surface area (Å²) >= 11 is 0. The Morgan fingerprint density at radius 3 is 1.46 bits per heavy atom. The molecular weight excluding hydrogens is 451 g/mol. The number of hydrogen-bond donors (Lipinski definition) is 0. The highest BCUT2D eigenvalue weighted by molar-refractivity contribution is 7.86. The smallest absolute Gasteiger partial charge is 0.253 e. The molecule has 164 valence electrons. The molecule has 0 aromatic rings. The molecule has 0 spiro atoms. The third kappa shape index (κ3) is 2.85. The zero-order valence-corrected chi connectivity index (χ0v) is 13.8. The van der Waals surface area contributed by atoms with Crippen LogP contribution in [0, 0.1) is 11.8 Å². The molecule has 0 aliphatic heterocycles. The number of fused-ring (bicyclic) bond motifs is 2. The molecule has 0 radical (unpaired) electrons. The SMILES string of the molecule is O=S([C@@H]1C[C@H]2C=C[C@@H]1C2)C(F)(F)C(F)(F)C(F)(F)C(F)(F)C(F)(F)C(F)(F)F. The van der Waals surface area contributed by atoms with E-state index in [1.807, 2.05) is 0 Å². The summed E-state index contributed by atoms with van der Waals surface area (Å²) in [7, 11) is -4.28. The summed E-state index contributed by atoms with van der Waals surface area (Å²) in [5.41, 5.74) is 0. The van der Waals surface area contributed by atoms with Crippen LogP contribution in [0.1, 0.15) is 12.8 Å². The van der Waals surface area contributed by atoms with Crippen LogP contribution in [0.4, 0.5) is 57.1 Å². The number of alkyl halides is 13.